The minimum atomic E-state index is -0.487. The van der Waals surface area contributed by atoms with Gasteiger partial charge in [-0.3, -0.25) is 4.79 Å². The summed E-state index contributed by atoms with van der Waals surface area (Å²) in [4.78, 5) is 12.2. The number of Topliss-reactive ketones (excluding diaryl/α,β-unsaturated/α-hetero) is 1. The van der Waals surface area contributed by atoms with Gasteiger partial charge < -0.3 is 5.21 Å². The van der Waals surface area contributed by atoms with Gasteiger partial charge in [0.2, 0.25) is 0 Å². The van der Waals surface area contributed by atoms with Gasteiger partial charge in [-0.25, -0.2) is 0 Å². The van der Waals surface area contributed by atoms with E-state index in [-0.39, 0.29) is 11.3 Å². The Bertz CT molecular complexity index is 338. The molecule has 1 N–H and O–H groups in total. The normalized spacial score (nSPS) is 22.0. The van der Waals surface area contributed by atoms with Gasteiger partial charge >= 0.3 is 0 Å². The van der Waals surface area contributed by atoms with Crippen LogP contribution in [-0.2, 0) is 4.79 Å². The van der Waals surface area contributed by atoms with E-state index in [9.17, 15) is 10.0 Å². The Kier molecular flexibility index (Phi) is 4.73. The van der Waals surface area contributed by atoms with Crippen LogP contribution in [0.4, 0.5) is 0 Å². The van der Waals surface area contributed by atoms with Crippen molar-refractivity contribution in [2.45, 2.75) is 77.8 Å². The zero-order chi connectivity index (χ0) is 14.0. The predicted octanol–water partition coefficient (Wildman–Crippen LogP) is 3.71. The van der Waals surface area contributed by atoms with Crippen LogP contribution < -0.4 is 0 Å². The van der Waals surface area contributed by atoms with Gasteiger partial charge in [0.15, 0.2) is 5.78 Å². The first-order valence-corrected chi connectivity index (χ1v) is 7.23. The zero-order valence-corrected chi connectivity index (χ0v) is 12.4. The molecule has 0 spiro atoms. The molecule has 1 rings (SSSR count). The van der Waals surface area contributed by atoms with Crippen LogP contribution in [0, 0.1) is 0 Å². The van der Waals surface area contributed by atoms with Crippen molar-refractivity contribution in [3.63, 3.8) is 0 Å². The molecule has 3 nitrogen and oxygen atoms in total. The van der Waals surface area contributed by atoms with E-state index in [1.165, 1.54) is 5.06 Å². The van der Waals surface area contributed by atoms with Crippen molar-refractivity contribution < 1.29 is 10.0 Å². The summed E-state index contributed by atoms with van der Waals surface area (Å²) in [6.45, 7) is 10.1. The highest BCUT2D eigenvalue weighted by Crippen LogP contribution is 2.46. The topological polar surface area (TPSA) is 40.5 Å². The maximum absolute atomic E-state index is 12.2. The van der Waals surface area contributed by atoms with Crippen molar-refractivity contribution in [3.05, 3.63) is 11.6 Å². The smallest absolute Gasteiger partial charge is 0.160 e. The summed E-state index contributed by atoms with van der Waals surface area (Å²) in [5.74, 6) is 0.168. The fourth-order valence-electron chi connectivity index (χ4n) is 3.22. The molecule has 0 saturated heterocycles. The summed E-state index contributed by atoms with van der Waals surface area (Å²) in [6.07, 6.45) is 5.71. The Balaban J connectivity index is 3.36. The average Bonchev–Trinajstić information content (AvgIpc) is 2.68. The Labute approximate surface area is 111 Å². The van der Waals surface area contributed by atoms with E-state index in [2.05, 4.69) is 13.8 Å². The number of carbonyl (C=O) groups excluding carboxylic acids is 1. The molecule has 0 fully saturated rings. The highest BCUT2D eigenvalue weighted by molar-refractivity contribution is 5.98. The Morgan fingerprint density at radius 1 is 1.11 bits per heavy atom. The fraction of sp³-hybridized carbons (Fsp3) is 0.800. The number of nitrogens with zero attached hydrogens (tertiary/aromatic N) is 1. The third kappa shape index (κ3) is 1.94. The molecule has 1 aliphatic heterocycles. The van der Waals surface area contributed by atoms with Crippen molar-refractivity contribution in [1.82, 2.24) is 5.06 Å². The molecular weight excluding hydrogens is 226 g/mol. The lowest BCUT2D eigenvalue weighted by Gasteiger charge is -2.43. The molecular formula is C15H27NO2. The van der Waals surface area contributed by atoms with Gasteiger partial charge in [0.05, 0.1) is 11.1 Å². The predicted molar refractivity (Wildman–Crippen MR) is 73.6 cm³/mol. The van der Waals surface area contributed by atoms with Gasteiger partial charge in [-0.2, -0.15) is 5.06 Å². The van der Waals surface area contributed by atoms with Crippen LogP contribution in [0.3, 0.4) is 0 Å². The fourth-order valence-corrected chi connectivity index (χ4v) is 3.22. The lowest BCUT2D eigenvalue weighted by molar-refractivity contribution is -0.209. The summed E-state index contributed by atoms with van der Waals surface area (Å²) in [5, 5.41) is 12.2. The van der Waals surface area contributed by atoms with Gasteiger partial charge in [-0.15, -0.1) is 0 Å². The molecule has 3 heteroatoms. The first-order valence-electron chi connectivity index (χ1n) is 7.23. The monoisotopic (exact) mass is 253 g/mol. The standard InChI is InChI=1S/C15H27NO2/c1-6-13(17)12-11-14(7-2,8-3)16(18)15(12,9-4)10-5/h11,18H,6-10H2,1-5H3. The molecule has 18 heavy (non-hydrogen) atoms. The van der Waals surface area contributed by atoms with Crippen molar-refractivity contribution in [2.24, 2.45) is 0 Å². The minimum absolute atomic E-state index is 0.168. The Morgan fingerprint density at radius 2 is 1.61 bits per heavy atom. The van der Waals surface area contributed by atoms with Crippen molar-refractivity contribution in [3.8, 4) is 0 Å². The summed E-state index contributed by atoms with van der Waals surface area (Å²) in [5.41, 5.74) is -0.0353. The highest BCUT2D eigenvalue weighted by atomic mass is 16.5. The van der Waals surface area contributed by atoms with Crippen LogP contribution in [0.15, 0.2) is 11.6 Å². The molecule has 0 radical (unpaired) electrons. The molecule has 1 aliphatic rings. The van der Waals surface area contributed by atoms with Crippen LogP contribution in [0.2, 0.25) is 0 Å². The summed E-state index contributed by atoms with van der Waals surface area (Å²) >= 11 is 0. The van der Waals surface area contributed by atoms with Gasteiger partial charge in [-0.05, 0) is 25.7 Å². The highest BCUT2D eigenvalue weighted by Gasteiger charge is 2.53. The number of hydroxylamine groups is 2. The third-order valence-electron chi connectivity index (χ3n) is 4.76. The zero-order valence-electron chi connectivity index (χ0n) is 12.4. The quantitative estimate of drug-likeness (QED) is 0.784. The summed E-state index contributed by atoms with van der Waals surface area (Å²) in [7, 11) is 0. The second kappa shape index (κ2) is 5.54. The largest absolute Gasteiger partial charge is 0.312 e. The molecule has 0 aromatic carbocycles. The molecule has 0 atom stereocenters. The first kappa shape index (κ1) is 15.4. The lowest BCUT2D eigenvalue weighted by Crippen LogP contribution is -2.53. The molecule has 0 aromatic heterocycles. The molecule has 0 unspecified atom stereocenters. The van der Waals surface area contributed by atoms with E-state index >= 15 is 0 Å². The molecule has 0 aliphatic carbocycles. The first-order chi connectivity index (χ1) is 8.47. The molecule has 0 saturated carbocycles. The van der Waals surface area contributed by atoms with Gasteiger partial charge in [0.1, 0.15) is 0 Å². The van der Waals surface area contributed by atoms with Gasteiger partial charge in [0.25, 0.3) is 0 Å². The van der Waals surface area contributed by atoms with E-state index in [1.807, 2.05) is 26.8 Å². The maximum atomic E-state index is 12.2. The minimum Gasteiger partial charge on any atom is -0.312 e. The van der Waals surface area contributed by atoms with Crippen molar-refractivity contribution >= 4 is 5.78 Å². The third-order valence-corrected chi connectivity index (χ3v) is 4.76. The Morgan fingerprint density at radius 3 is 1.94 bits per heavy atom. The molecule has 0 aromatic rings. The lowest BCUT2D eigenvalue weighted by atomic mass is 9.83. The SMILES string of the molecule is CCC(=O)C1=CC(CC)(CC)N(O)C1(CC)CC. The second-order valence-corrected chi connectivity index (χ2v) is 5.20. The van der Waals surface area contributed by atoms with Crippen molar-refractivity contribution in [1.29, 1.82) is 0 Å². The molecule has 0 bridgehead atoms. The second-order valence-electron chi connectivity index (χ2n) is 5.20. The number of hydrogen-bond acceptors (Lipinski definition) is 3. The Hall–Kier alpha value is -0.670. The van der Waals surface area contributed by atoms with E-state index < -0.39 is 5.54 Å². The van der Waals surface area contributed by atoms with E-state index in [4.69, 9.17) is 0 Å². The summed E-state index contributed by atoms with van der Waals surface area (Å²) < 4.78 is 0. The van der Waals surface area contributed by atoms with E-state index in [0.717, 1.165) is 31.3 Å². The van der Waals surface area contributed by atoms with Crippen LogP contribution in [-0.4, -0.2) is 27.1 Å². The number of carbonyl (C=O) groups is 1. The number of rotatable bonds is 6. The molecule has 0 amide bonds. The van der Waals surface area contributed by atoms with Crippen LogP contribution >= 0.6 is 0 Å². The number of ketones is 1. The van der Waals surface area contributed by atoms with Gasteiger partial charge in [-0.1, -0.05) is 40.7 Å². The maximum Gasteiger partial charge on any atom is 0.160 e. The van der Waals surface area contributed by atoms with Crippen LogP contribution in [0.1, 0.15) is 66.7 Å². The van der Waals surface area contributed by atoms with E-state index in [1.54, 1.807) is 0 Å². The van der Waals surface area contributed by atoms with Crippen molar-refractivity contribution in [2.75, 3.05) is 0 Å². The van der Waals surface area contributed by atoms with Crippen LogP contribution in [0.5, 0.6) is 0 Å². The molecule has 1 heterocycles. The van der Waals surface area contributed by atoms with Gasteiger partial charge in [0, 0.05) is 12.0 Å². The molecule has 104 valence electrons. The summed E-state index contributed by atoms with van der Waals surface area (Å²) in [6, 6.07) is 0. The average molecular weight is 253 g/mol. The van der Waals surface area contributed by atoms with E-state index in [0.29, 0.717) is 6.42 Å². The van der Waals surface area contributed by atoms with Crippen LogP contribution in [0.25, 0.3) is 0 Å². The number of hydrogen-bond donors (Lipinski definition) is 1.